The number of rotatable bonds is 2. The molecule has 1 rings (SSSR count). The molecule has 0 radical (unpaired) electrons. The van der Waals surface area contributed by atoms with Gasteiger partial charge in [-0.25, -0.2) is 0 Å². The van der Waals surface area contributed by atoms with E-state index in [0.717, 1.165) is 0 Å². The summed E-state index contributed by atoms with van der Waals surface area (Å²) >= 11 is 3.74. The molecular formula is C6H10O2S2. The van der Waals surface area contributed by atoms with E-state index < -0.39 is 0 Å². The lowest BCUT2D eigenvalue weighted by Gasteiger charge is -2.06. The Morgan fingerprint density at radius 2 is 2.20 bits per heavy atom. The molecule has 1 aliphatic rings. The first-order valence-electron chi connectivity index (χ1n) is 3.15. The van der Waals surface area contributed by atoms with Crippen molar-refractivity contribution in [3.63, 3.8) is 0 Å². The van der Waals surface area contributed by atoms with E-state index in [4.69, 9.17) is 4.74 Å². The number of carbonyl (C=O) groups excluding carboxylic acids is 1. The van der Waals surface area contributed by atoms with Crippen molar-refractivity contribution < 1.29 is 9.53 Å². The fraction of sp³-hybridized carbons (Fsp3) is 0.833. The van der Waals surface area contributed by atoms with Gasteiger partial charge >= 0.3 is 5.97 Å². The van der Waals surface area contributed by atoms with Crippen LogP contribution in [0.1, 0.15) is 6.92 Å². The first-order chi connectivity index (χ1) is 4.79. The summed E-state index contributed by atoms with van der Waals surface area (Å²) in [4.78, 5) is 10.4. The van der Waals surface area contributed by atoms with Gasteiger partial charge in [0.1, 0.15) is 6.61 Å². The Bertz CT molecular complexity index is 121. The summed E-state index contributed by atoms with van der Waals surface area (Å²) < 4.78 is 5.33. The van der Waals surface area contributed by atoms with Gasteiger partial charge in [0.15, 0.2) is 0 Å². The standard InChI is InChI=1S/C6H10O2S2/c1-5(7)8-4-6-9-2-3-10-6/h6H,2-4H2,1H3. The van der Waals surface area contributed by atoms with Gasteiger partial charge in [0.25, 0.3) is 0 Å². The summed E-state index contributed by atoms with van der Waals surface area (Å²) in [5, 5.41) is 0. The van der Waals surface area contributed by atoms with Crippen molar-refractivity contribution in [2.45, 2.75) is 11.5 Å². The van der Waals surface area contributed by atoms with Crippen LogP contribution < -0.4 is 0 Å². The van der Waals surface area contributed by atoms with E-state index in [1.807, 2.05) is 23.5 Å². The minimum absolute atomic E-state index is 0.173. The maximum absolute atomic E-state index is 10.4. The molecule has 0 aromatic rings. The average molecular weight is 178 g/mol. The minimum Gasteiger partial charge on any atom is -0.464 e. The second-order valence-corrected chi connectivity index (χ2v) is 4.89. The second kappa shape index (κ2) is 4.13. The number of esters is 1. The summed E-state index contributed by atoms with van der Waals surface area (Å²) in [6.45, 7) is 2.02. The van der Waals surface area contributed by atoms with E-state index in [1.54, 1.807) is 0 Å². The van der Waals surface area contributed by atoms with Crippen molar-refractivity contribution in [3.05, 3.63) is 0 Å². The van der Waals surface area contributed by atoms with Crippen molar-refractivity contribution in [3.8, 4) is 0 Å². The molecular weight excluding hydrogens is 168 g/mol. The van der Waals surface area contributed by atoms with E-state index in [9.17, 15) is 4.79 Å². The van der Waals surface area contributed by atoms with Gasteiger partial charge in [-0.2, -0.15) is 0 Å². The van der Waals surface area contributed by atoms with Gasteiger partial charge in [0.05, 0.1) is 4.58 Å². The molecule has 1 aliphatic heterocycles. The smallest absolute Gasteiger partial charge is 0.302 e. The van der Waals surface area contributed by atoms with E-state index >= 15 is 0 Å². The quantitative estimate of drug-likeness (QED) is 0.596. The number of thioether (sulfide) groups is 2. The van der Waals surface area contributed by atoms with Gasteiger partial charge in [-0.3, -0.25) is 4.79 Å². The Hall–Kier alpha value is 0.170. The molecule has 0 aromatic carbocycles. The SMILES string of the molecule is CC(=O)OCC1SCCS1. The van der Waals surface area contributed by atoms with Gasteiger partial charge in [0, 0.05) is 18.4 Å². The van der Waals surface area contributed by atoms with Crippen molar-refractivity contribution >= 4 is 29.5 Å². The summed E-state index contributed by atoms with van der Waals surface area (Å²) in [7, 11) is 0. The third-order valence-electron chi connectivity index (χ3n) is 1.11. The van der Waals surface area contributed by atoms with Crippen molar-refractivity contribution in [2.24, 2.45) is 0 Å². The van der Waals surface area contributed by atoms with Gasteiger partial charge in [0.2, 0.25) is 0 Å². The third kappa shape index (κ3) is 2.84. The Kier molecular flexibility index (Phi) is 3.42. The Labute approximate surface area is 69.1 Å². The van der Waals surface area contributed by atoms with Crippen LogP contribution in [0, 0.1) is 0 Å². The highest BCUT2D eigenvalue weighted by Gasteiger charge is 2.16. The van der Waals surface area contributed by atoms with Crippen LogP contribution in [0.25, 0.3) is 0 Å². The number of hydrogen-bond donors (Lipinski definition) is 0. The monoisotopic (exact) mass is 178 g/mol. The van der Waals surface area contributed by atoms with E-state index in [-0.39, 0.29) is 5.97 Å². The normalized spacial score (nSPS) is 19.3. The van der Waals surface area contributed by atoms with Crippen LogP contribution in [0.15, 0.2) is 0 Å². The molecule has 4 heteroatoms. The fourth-order valence-electron chi connectivity index (χ4n) is 0.689. The zero-order chi connectivity index (χ0) is 7.40. The van der Waals surface area contributed by atoms with Gasteiger partial charge < -0.3 is 4.74 Å². The van der Waals surface area contributed by atoms with Crippen LogP contribution in [0.4, 0.5) is 0 Å². The minimum atomic E-state index is -0.173. The van der Waals surface area contributed by atoms with E-state index in [2.05, 4.69) is 0 Å². The lowest BCUT2D eigenvalue weighted by molar-refractivity contribution is -0.140. The summed E-state index contributed by atoms with van der Waals surface area (Å²) in [6.07, 6.45) is 0. The highest BCUT2D eigenvalue weighted by atomic mass is 32.2. The first kappa shape index (κ1) is 8.27. The molecule has 1 saturated heterocycles. The molecule has 0 saturated carbocycles. The zero-order valence-electron chi connectivity index (χ0n) is 5.83. The largest absolute Gasteiger partial charge is 0.464 e. The molecule has 0 bridgehead atoms. The predicted octanol–water partition coefficient (Wildman–Crippen LogP) is 1.36. The Balaban J connectivity index is 2.07. The molecule has 1 heterocycles. The number of hydrogen-bond acceptors (Lipinski definition) is 4. The third-order valence-corrected chi connectivity index (χ3v) is 4.08. The topological polar surface area (TPSA) is 26.3 Å². The predicted molar refractivity (Wildman–Crippen MR) is 45.3 cm³/mol. The molecule has 0 N–H and O–H groups in total. The average Bonchev–Trinajstić information content (AvgIpc) is 2.34. The number of carbonyl (C=O) groups is 1. The maximum Gasteiger partial charge on any atom is 0.302 e. The highest BCUT2D eigenvalue weighted by molar-refractivity contribution is 8.20. The van der Waals surface area contributed by atoms with Crippen molar-refractivity contribution in [2.75, 3.05) is 18.1 Å². The molecule has 0 atom stereocenters. The molecule has 0 amide bonds. The van der Waals surface area contributed by atoms with Crippen LogP contribution in [-0.4, -0.2) is 28.7 Å². The van der Waals surface area contributed by atoms with Crippen molar-refractivity contribution in [1.29, 1.82) is 0 Å². The van der Waals surface area contributed by atoms with Crippen LogP contribution in [-0.2, 0) is 9.53 Å². The molecule has 2 nitrogen and oxygen atoms in total. The molecule has 10 heavy (non-hydrogen) atoms. The molecule has 1 fully saturated rings. The van der Waals surface area contributed by atoms with Gasteiger partial charge in [-0.1, -0.05) is 0 Å². The Morgan fingerprint density at radius 1 is 1.60 bits per heavy atom. The molecule has 0 aromatic heterocycles. The van der Waals surface area contributed by atoms with Crippen LogP contribution in [0.2, 0.25) is 0 Å². The van der Waals surface area contributed by atoms with E-state index in [1.165, 1.54) is 18.4 Å². The first-order valence-corrected chi connectivity index (χ1v) is 5.25. The summed E-state index contributed by atoms with van der Waals surface area (Å²) in [5.41, 5.74) is 0. The maximum atomic E-state index is 10.4. The van der Waals surface area contributed by atoms with Crippen LogP contribution in [0.5, 0.6) is 0 Å². The second-order valence-electron chi connectivity index (χ2n) is 1.97. The summed E-state index contributed by atoms with van der Waals surface area (Å²) in [6, 6.07) is 0. The van der Waals surface area contributed by atoms with Gasteiger partial charge in [-0.05, 0) is 0 Å². The number of ether oxygens (including phenoxy) is 1. The van der Waals surface area contributed by atoms with Crippen LogP contribution in [0.3, 0.4) is 0 Å². The van der Waals surface area contributed by atoms with Crippen LogP contribution >= 0.6 is 23.5 Å². The molecule has 58 valence electrons. The Morgan fingerprint density at radius 3 is 2.70 bits per heavy atom. The molecule has 0 aliphatic carbocycles. The van der Waals surface area contributed by atoms with Crippen molar-refractivity contribution in [1.82, 2.24) is 0 Å². The zero-order valence-corrected chi connectivity index (χ0v) is 7.46. The lowest BCUT2D eigenvalue weighted by Crippen LogP contribution is -2.08. The van der Waals surface area contributed by atoms with E-state index in [0.29, 0.717) is 11.2 Å². The molecule has 0 unspecified atom stereocenters. The summed E-state index contributed by atoms with van der Waals surface area (Å²) in [5.74, 6) is 2.21. The highest BCUT2D eigenvalue weighted by Crippen LogP contribution is 2.31. The van der Waals surface area contributed by atoms with Gasteiger partial charge in [-0.15, -0.1) is 23.5 Å². The fourth-order valence-corrected chi connectivity index (χ4v) is 3.28. The lowest BCUT2D eigenvalue weighted by atomic mass is 10.8. The molecule has 0 spiro atoms.